The van der Waals surface area contributed by atoms with Gasteiger partial charge in [0.1, 0.15) is 11.0 Å². The van der Waals surface area contributed by atoms with E-state index in [1.54, 1.807) is 0 Å². The Labute approximate surface area is 287 Å². The molecule has 0 aliphatic heterocycles. The Morgan fingerprint density at radius 3 is 1.22 bits per heavy atom. The zero-order chi connectivity index (χ0) is 33.4. The lowest BCUT2D eigenvalue weighted by molar-refractivity contribution is 0.653. The molecule has 4 aromatic heterocycles. The van der Waals surface area contributed by atoms with Crippen LogP contribution in [0.1, 0.15) is 22.3 Å². The van der Waals surface area contributed by atoms with E-state index in [4.69, 9.17) is 8.83 Å². The lowest BCUT2D eigenvalue weighted by Crippen LogP contribution is -1.93. The highest BCUT2D eigenvalue weighted by atomic mass is 16.3. The van der Waals surface area contributed by atoms with Crippen molar-refractivity contribution in [1.29, 1.82) is 0 Å². The summed E-state index contributed by atoms with van der Waals surface area (Å²) in [7, 11) is 0. The average Bonchev–Trinajstić information content (AvgIpc) is 3.65. The Balaban J connectivity index is 1.40. The van der Waals surface area contributed by atoms with Gasteiger partial charge in [-0.15, -0.1) is 0 Å². The van der Waals surface area contributed by atoms with E-state index in [1.807, 2.05) is 0 Å². The highest BCUT2D eigenvalue weighted by Gasteiger charge is 2.28. The molecule has 0 aliphatic rings. The number of hydrogen-bond donors (Lipinski definition) is 0. The van der Waals surface area contributed by atoms with Crippen molar-refractivity contribution in [3.63, 3.8) is 0 Å². The summed E-state index contributed by atoms with van der Waals surface area (Å²) in [6.45, 7) is 8.79. The lowest BCUT2D eigenvalue weighted by Gasteiger charge is -2.11. The summed E-state index contributed by atoms with van der Waals surface area (Å²) >= 11 is 0. The van der Waals surface area contributed by atoms with Crippen LogP contribution in [0.15, 0.2) is 130 Å². The van der Waals surface area contributed by atoms with E-state index in [0.717, 1.165) is 77.0 Å². The molecule has 0 N–H and O–H groups in total. The summed E-state index contributed by atoms with van der Waals surface area (Å²) in [4.78, 5) is 0. The van der Waals surface area contributed by atoms with E-state index in [2.05, 4.69) is 158 Å². The van der Waals surface area contributed by atoms with Crippen molar-refractivity contribution < 1.29 is 8.83 Å². The molecular weight excluding hydrogens is 613 g/mol. The van der Waals surface area contributed by atoms with Crippen LogP contribution in [0.3, 0.4) is 0 Å². The summed E-state index contributed by atoms with van der Waals surface area (Å²) in [5.74, 6) is 0. The fraction of sp³-hybridized carbons (Fsp3) is 0.0870. The molecule has 7 aromatic carbocycles. The van der Waals surface area contributed by atoms with Gasteiger partial charge in [0.15, 0.2) is 22.3 Å². The van der Waals surface area contributed by atoms with Crippen LogP contribution < -0.4 is 0 Å². The molecule has 4 nitrogen and oxygen atoms in total. The molecule has 4 heterocycles. The van der Waals surface area contributed by atoms with Crippen LogP contribution >= 0.6 is 0 Å². The lowest BCUT2D eigenvalue weighted by atomic mass is 9.95. The van der Waals surface area contributed by atoms with Gasteiger partial charge < -0.3 is 17.6 Å². The number of aryl methyl sites for hydroxylation is 4. The van der Waals surface area contributed by atoms with Crippen LogP contribution in [-0.4, -0.2) is 8.80 Å². The van der Waals surface area contributed by atoms with Gasteiger partial charge in [0, 0.05) is 10.8 Å². The SMILES string of the molecule is Cc1cccc(C)c1-c1ccc2c3c4oc5ccccc5n5c6cc(-c7c(C)cccc7C)ccc6c(c6oc7ccccc7n(c2c1)c63)c45. The van der Waals surface area contributed by atoms with Gasteiger partial charge >= 0.3 is 0 Å². The molecule has 0 atom stereocenters. The fourth-order valence-corrected chi connectivity index (χ4v) is 8.93. The van der Waals surface area contributed by atoms with E-state index in [9.17, 15) is 0 Å². The first-order chi connectivity index (χ1) is 24.5. The van der Waals surface area contributed by atoms with E-state index in [1.165, 1.54) is 44.5 Å². The van der Waals surface area contributed by atoms with Crippen molar-refractivity contribution in [1.82, 2.24) is 8.80 Å². The fourth-order valence-electron chi connectivity index (χ4n) is 8.93. The van der Waals surface area contributed by atoms with Gasteiger partial charge in [0.25, 0.3) is 0 Å². The maximum absolute atomic E-state index is 7.04. The number of aromatic nitrogens is 2. The number of hydrogen-bond acceptors (Lipinski definition) is 2. The number of para-hydroxylation sites is 4. The predicted molar refractivity (Wildman–Crippen MR) is 208 cm³/mol. The standard InChI is InChI=1S/C46H32N2O2/c1-25-11-9-12-26(2)39(25)29-19-21-31-35(23-29)47-33-15-5-7-17-37(33)49-46-42-32-22-20-30(40-27(3)13-10-14-28(40)4)24-36(32)48-34-16-6-8-18-38(34)50-45(44(42)48)41(31)43(46)47/h5-24H,1-4H3. The zero-order valence-electron chi connectivity index (χ0n) is 28.3. The molecule has 4 heteroatoms. The smallest absolute Gasteiger partial charge is 0.162 e. The minimum absolute atomic E-state index is 0.844. The van der Waals surface area contributed by atoms with Gasteiger partial charge in [-0.05, 0) is 109 Å². The Morgan fingerprint density at radius 1 is 0.400 bits per heavy atom. The summed E-state index contributed by atoms with van der Waals surface area (Å²) in [5.41, 5.74) is 19.9. The van der Waals surface area contributed by atoms with Gasteiger partial charge in [-0.3, -0.25) is 0 Å². The predicted octanol–water partition coefficient (Wildman–Crippen LogP) is 12.9. The van der Waals surface area contributed by atoms with E-state index < -0.39 is 0 Å². The molecule has 0 amide bonds. The monoisotopic (exact) mass is 644 g/mol. The van der Waals surface area contributed by atoms with Crippen molar-refractivity contribution >= 4 is 77.0 Å². The average molecular weight is 645 g/mol. The van der Waals surface area contributed by atoms with Gasteiger partial charge in [-0.2, -0.15) is 0 Å². The molecule has 0 bridgehead atoms. The third kappa shape index (κ3) is 3.45. The Morgan fingerprint density at radius 2 is 0.800 bits per heavy atom. The number of rotatable bonds is 2. The van der Waals surface area contributed by atoms with E-state index >= 15 is 0 Å². The van der Waals surface area contributed by atoms with Crippen LogP contribution in [0.4, 0.5) is 0 Å². The Hall–Kier alpha value is -6.26. The summed E-state index contributed by atoms with van der Waals surface area (Å²) in [6, 6.07) is 43.7. The first-order valence-electron chi connectivity index (χ1n) is 17.3. The first kappa shape index (κ1) is 27.7. The van der Waals surface area contributed by atoms with Gasteiger partial charge in [0.2, 0.25) is 0 Å². The molecule has 0 fully saturated rings. The maximum atomic E-state index is 7.04. The van der Waals surface area contributed by atoms with Crippen molar-refractivity contribution in [3.8, 4) is 22.3 Å². The highest BCUT2D eigenvalue weighted by molar-refractivity contribution is 6.35. The molecule has 0 unspecified atom stereocenters. The van der Waals surface area contributed by atoms with Crippen LogP contribution in [0.2, 0.25) is 0 Å². The normalized spacial score (nSPS) is 12.4. The van der Waals surface area contributed by atoms with E-state index in [-0.39, 0.29) is 0 Å². The second-order valence-corrected chi connectivity index (χ2v) is 13.9. The number of nitrogens with zero attached hydrogens (tertiary/aromatic N) is 2. The molecule has 0 spiro atoms. The van der Waals surface area contributed by atoms with Crippen LogP contribution in [-0.2, 0) is 0 Å². The van der Waals surface area contributed by atoms with Crippen LogP contribution in [0, 0.1) is 27.7 Å². The molecule has 0 radical (unpaired) electrons. The maximum Gasteiger partial charge on any atom is 0.162 e. The second kappa shape index (κ2) is 9.67. The van der Waals surface area contributed by atoms with E-state index in [0.29, 0.717) is 0 Å². The summed E-state index contributed by atoms with van der Waals surface area (Å²) < 4.78 is 18.9. The van der Waals surface area contributed by atoms with Gasteiger partial charge in [-0.1, -0.05) is 84.9 Å². The third-order valence-corrected chi connectivity index (χ3v) is 11.0. The largest absolute Gasteiger partial charge is 0.452 e. The molecule has 0 aliphatic carbocycles. The number of benzene rings is 7. The van der Waals surface area contributed by atoms with Crippen molar-refractivity contribution in [2.24, 2.45) is 0 Å². The highest BCUT2D eigenvalue weighted by Crippen LogP contribution is 2.48. The van der Waals surface area contributed by atoms with Crippen molar-refractivity contribution in [2.45, 2.75) is 27.7 Å². The van der Waals surface area contributed by atoms with Gasteiger partial charge in [-0.25, -0.2) is 0 Å². The summed E-state index contributed by atoms with van der Waals surface area (Å²) in [5, 5.41) is 4.42. The minimum Gasteiger partial charge on any atom is -0.452 e. The van der Waals surface area contributed by atoms with Crippen LogP contribution in [0.5, 0.6) is 0 Å². The quantitative estimate of drug-likeness (QED) is 0.176. The molecule has 11 aromatic rings. The molecular formula is C46H32N2O2. The van der Waals surface area contributed by atoms with Crippen molar-refractivity contribution in [2.75, 3.05) is 0 Å². The number of fused-ring (bicyclic) bond motifs is 12. The molecule has 0 saturated heterocycles. The minimum atomic E-state index is 0.844. The molecule has 238 valence electrons. The van der Waals surface area contributed by atoms with Crippen molar-refractivity contribution in [3.05, 3.63) is 144 Å². The Bertz CT molecular complexity index is 2990. The van der Waals surface area contributed by atoms with Crippen LogP contribution in [0.25, 0.3) is 99.2 Å². The molecule has 0 saturated carbocycles. The Kier molecular flexibility index (Phi) is 5.35. The summed E-state index contributed by atoms with van der Waals surface area (Å²) in [6.07, 6.45) is 0. The first-order valence-corrected chi connectivity index (χ1v) is 17.3. The second-order valence-electron chi connectivity index (χ2n) is 13.9. The zero-order valence-corrected chi connectivity index (χ0v) is 28.3. The molecule has 11 rings (SSSR count). The van der Waals surface area contributed by atoms with Gasteiger partial charge in [0.05, 0.1) is 32.8 Å². The topological polar surface area (TPSA) is 35.1 Å². The third-order valence-electron chi connectivity index (χ3n) is 11.0. The molecule has 50 heavy (non-hydrogen) atoms.